The van der Waals surface area contributed by atoms with Crippen LogP contribution in [-0.4, -0.2) is 52.4 Å². The number of likely N-dealkylation sites (tertiary alicyclic amines) is 1. The molecule has 3 aromatic rings. The quantitative estimate of drug-likeness (QED) is 0.256. The highest BCUT2D eigenvalue weighted by atomic mass is 79.9. The van der Waals surface area contributed by atoms with Gasteiger partial charge in [0.25, 0.3) is 0 Å². The number of halogens is 1. The topological polar surface area (TPSA) is 111 Å². The molecule has 2 aliphatic heterocycles. The number of amides is 2. The molecule has 220 valence electrons. The molecule has 2 fully saturated rings. The van der Waals surface area contributed by atoms with E-state index < -0.39 is 5.41 Å². The molecule has 9 nitrogen and oxygen atoms in total. The van der Waals surface area contributed by atoms with E-state index in [0.29, 0.717) is 24.2 Å². The fraction of sp³-hybridized carbons (Fsp3) is 0.438. The fourth-order valence-corrected chi connectivity index (χ4v) is 6.68. The average Bonchev–Trinajstić information content (AvgIpc) is 3.75. The lowest BCUT2D eigenvalue weighted by Crippen LogP contribution is -2.50. The first-order valence-corrected chi connectivity index (χ1v) is 15.5. The molecule has 2 aromatic carbocycles. The molecule has 0 radical (unpaired) electrons. The van der Waals surface area contributed by atoms with Gasteiger partial charge >= 0.3 is 0 Å². The van der Waals surface area contributed by atoms with Gasteiger partial charge in [-0.05, 0) is 104 Å². The van der Waals surface area contributed by atoms with Gasteiger partial charge < -0.3 is 26.2 Å². The molecule has 3 heterocycles. The van der Waals surface area contributed by atoms with Crippen LogP contribution in [0.3, 0.4) is 0 Å². The molecule has 1 aromatic heterocycles. The maximum absolute atomic E-state index is 13.1. The third kappa shape index (κ3) is 5.26. The maximum atomic E-state index is 13.1. The highest BCUT2D eigenvalue weighted by Gasteiger charge is 2.51. The van der Waals surface area contributed by atoms with Gasteiger partial charge in [0.1, 0.15) is 5.82 Å². The minimum atomic E-state index is -0.593. The molecule has 1 atom stereocenters. The van der Waals surface area contributed by atoms with E-state index in [-0.39, 0.29) is 17.4 Å². The molecule has 0 bridgehead atoms. The summed E-state index contributed by atoms with van der Waals surface area (Å²) in [6.07, 6.45) is 5.71. The number of carbonyl (C=O) groups is 2. The second-order valence-corrected chi connectivity index (χ2v) is 13.1. The largest absolute Gasteiger partial charge is 0.365 e. The summed E-state index contributed by atoms with van der Waals surface area (Å²) in [5, 5.41) is 13.0. The summed E-state index contributed by atoms with van der Waals surface area (Å²) in [6, 6.07) is 12.4. The van der Waals surface area contributed by atoms with Crippen LogP contribution in [0.25, 0.3) is 0 Å². The minimum Gasteiger partial charge on any atom is -0.365 e. The molecule has 2 amide bonds. The zero-order valence-corrected chi connectivity index (χ0v) is 26.2. The number of aryl methyl sites for hydroxylation is 1. The highest BCUT2D eigenvalue weighted by molar-refractivity contribution is 9.10. The van der Waals surface area contributed by atoms with Crippen LogP contribution in [0.2, 0.25) is 0 Å². The Bertz CT molecular complexity index is 1550. The molecule has 1 saturated carbocycles. The van der Waals surface area contributed by atoms with E-state index in [0.717, 1.165) is 71.3 Å². The summed E-state index contributed by atoms with van der Waals surface area (Å²) in [5.74, 6) is 1.75. The molecule has 4 N–H and O–H groups in total. The van der Waals surface area contributed by atoms with Crippen LogP contribution in [0.1, 0.15) is 67.7 Å². The number of piperidine rings is 1. The number of hydrogen-bond donors (Lipinski definition) is 4. The third-order valence-electron chi connectivity index (χ3n) is 9.10. The number of hydrogen-bond acceptors (Lipinski definition) is 7. The van der Waals surface area contributed by atoms with Gasteiger partial charge in [-0.2, -0.15) is 4.98 Å². The third-order valence-corrected chi connectivity index (χ3v) is 9.68. The number of nitrogens with zero attached hydrogens (tertiary/aromatic N) is 3. The van der Waals surface area contributed by atoms with Crippen molar-refractivity contribution in [3.63, 3.8) is 0 Å². The van der Waals surface area contributed by atoms with Crippen LogP contribution in [-0.2, 0) is 21.5 Å². The summed E-state index contributed by atoms with van der Waals surface area (Å²) in [7, 11) is 1.89. The monoisotopic (exact) mass is 631 g/mol. The molecule has 1 aliphatic carbocycles. The van der Waals surface area contributed by atoms with Gasteiger partial charge in [0.2, 0.25) is 17.8 Å². The number of anilines is 4. The van der Waals surface area contributed by atoms with Crippen LogP contribution in [0.5, 0.6) is 0 Å². The number of benzene rings is 2. The number of nitrogens with one attached hydrogen (secondary N) is 4. The van der Waals surface area contributed by atoms with Crippen molar-refractivity contribution in [2.75, 3.05) is 36.1 Å². The molecule has 10 heteroatoms. The van der Waals surface area contributed by atoms with Gasteiger partial charge in [0.15, 0.2) is 0 Å². The second kappa shape index (κ2) is 11.0. The Kier molecular flexibility index (Phi) is 7.47. The predicted octanol–water partition coefficient (Wildman–Crippen LogP) is 5.59. The van der Waals surface area contributed by atoms with E-state index in [9.17, 15) is 9.59 Å². The Hall–Kier alpha value is -3.50. The lowest BCUT2D eigenvalue weighted by atomic mass is 9.83. The lowest BCUT2D eigenvalue weighted by Gasteiger charge is -2.35. The molecule has 1 unspecified atom stereocenters. The molecular weight excluding hydrogens is 594 g/mol. The van der Waals surface area contributed by atoms with Crippen LogP contribution in [0, 0.1) is 6.92 Å². The van der Waals surface area contributed by atoms with E-state index in [1.165, 1.54) is 5.56 Å². The lowest BCUT2D eigenvalue weighted by molar-refractivity contribution is -0.135. The van der Waals surface area contributed by atoms with Crippen LogP contribution in [0.4, 0.5) is 23.1 Å². The average molecular weight is 633 g/mol. The Labute approximate surface area is 255 Å². The van der Waals surface area contributed by atoms with Gasteiger partial charge in [-0.15, -0.1) is 0 Å². The second-order valence-electron chi connectivity index (χ2n) is 12.3. The van der Waals surface area contributed by atoms with E-state index >= 15 is 0 Å². The zero-order chi connectivity index (χ0) is 29.6. The van der Waals surface area contributed by atoms with Gasteiger partial charge in [-0.3, -0.25) is 9.59 Å². The maximum Gasteiger partial charge on any atom is 0.242 e. The van der Waals surface area contributed by atoms with Crippen molar-refractivity contribution < 1.29 is 9.59 Å². The number of likely N-dealkylation sites (N-methyl/N-ethyl adjacent to an activating group) is 1. The zero-order valence-electron chi connectivity index (χ0n) is 24.6. The van der Waals surface area contributed by atoms with Crippen molar-refractivity contribution in [3.8, 4) is 0 Å². The van der Waals surface area contributed by atoms with E-state index in [1.54, 1.807) is 6.20 Å². The van der Waals surface area contributed by atoms with Crippen molar-refractivity contribution in [2.24, 2.45) is 0 Å². The van der Waals surface area contributed by atoms with Crippen LogP contribution < -0.4 is 21.3 Å². The normalized spacial score (nSPS) is 20.1. The van der Waals surface area contributed by atoms with Crippen LogP contribution in [0.15, 0.2) is 47.1 Å². The molecule has 3 aliphatic rings. The Morgan fingerprint density at radius 3 is 2.76 bits per heavy atom. The predicted molar refractivity (Wildman–Crippen MR) is 169 cm³/mol. The summed E-state index contributed by atoms with van der Waals surface area (Å²) >= 11 is 3.57. The van der Waals surface area contributed by atoms with E-state index in [4.69, 9.17) is 4.98 Å². The smallest absolute Gasteiger partial charge is 0.242 e. The van der Waals surface area contributed by atoms with Crippen molar-refractivity contribution in [3.05, 3.63) is 69.3 Å². The number of rotatable bonds is 8. The molecule has 6 rings (SSSR count). The highest BCUT2D eigenvalue weighted by Crippen LogP contribution is 2.41. The molecular formula is C32H38BrN7O2. The van der Waals surface area contributed by atoms with Crippen molar-refractivity contribution >= 4 is 50.9 Å². The Morgan fingerprint density at radius 2 is 2.02 bits per heavy atom. The van der Waals surface area contributed by atoms with Crippen molar-refractivity contribution in [2.45, 2.75) is 69.9 Å². The first kappa shape index (κ1) is 28.6. The first-order chi connectivity index (χ1) is 20.1. The summed E-state index contributed by atoms with van der Waals surface area (Å²) < 4.78 is 0.754. The van der Waals surface area contributed by atoms with Crippen LogP contribution >= 0.6 is 15.9 Å². The van der Waals surface area contributed by atoms with E-state index in [2.05, 4.69) is 72.2 Å². The van der Waals surface area contributed by atoms with Gasteiger partial charge in [0.05, 0.1) is 15.4 Å². The minimum absolute atomic E-state index is 0.00999. The fourth-order valence-electron chi connectivity index (χ4n) is 6.35. The summed E-state index contributed by atoms with van der Waals surface area (Å²) in [4.78, 5) is 36.9. The summed E-state index contributed by atoms with van der Waals surface area (Å²) in [5.41, 5.74) is 5.31. The standard InChI is InChI=1S/C32H38BrN7O2/c1-19-15-20(22-8-6-14-40(18-22)29(42)32(34-4)12-13-32)10-11-24(19)38-30-36-17-23(33)27(39-30)35-16-21-7-5-9-25-26(21)31(2,3)28(41)37-25/h5,7,9-11,15,17,22,34H,6,8,12-14,16,18H2,1-4H3,(H,37,41)(H2,35,36,38,39). The van der Waals surface area contributed by atoms with Crippen molar-refractivity contribution in [1.29, 1.82) is 0 Å². The van der Waals surface area contributed by atoms with Gasteiger partial charge in [-0.1, -0.05) is 24.3 Å². The van der Waals surface area contributed by atoms with E-state index in [1.807, 2.05) is 39.1 Å². The molecule has 0 spiro atoms. The van der Waals surface area contributed by atoms with Gasteiger partial charge in [0, 0.05) is 43.1 Å². The molecule has 42 heavy (non-hydrogen) atoms. The number of carbonyl (C=O) groups excluding carboxylic acids is 2. The SMILES string of the molecule is CNC1(C(=O)N2CCCC(c3ccc(Nc4ncc(Br)c(NCc5cccc6c5C(C)(C)C(=O)N6)n4)c(C)c3)C2)CC1. The Balaban J connectivity index is 1.14. The number of fused-ring (bicyclic) bond motifs is 1. The van der Waals surface area contributed by atoms with Gasteiger partial charge in [-0.25, -0.2) is 4.98 Å². The Morgan fingerprint density at radius 1 is 1.21 bits per heavy atom. The summed E-state index contributed by atoms with van der Waals surface area (Å²) in [6.45, 7) is 8.11. The number of aromatic nitrogens is 2. The van der Waals surface area contributed by atoms with Crippen molar-refractivity contribution in [1.82, 2.24) is 20.2 Å². The first-order valence-electron chi connectivity index (χ1n) is 14.7. The molecule has 1 saturated heterocycles.